The van der Waals surface area contributed by atoms with Gasteiger partial charge in [0.1, 0.15) is 0 Å². The van der Waals surface area contributed by atoms with Crippen molar-refractivity contribution >= 4 is 5.97 Å². The van der Waals surface area contributed by atoms with E-state index in [2.05, 4.69) is 4.90 Å². The topological polar surface area (TPSA) is 40.5 Å². The van der Waals surface area contributed by atoms with Gasteiger partial charge in [-0.25, -0.2) is 0 Å². The van der Waals surface area contributed by atoms with Gasteiger partial charge in [0.15, 0.2) is 0 Å². The molecule has 2 rings (SSSR count). The van der Waals surface area contributed by atoms with Crippen LogP contribution in [0.5, 0.6) is 0 Å². The molecule has 3 nitrogen and oxygen atoms in total. The van der Waals surface area contributed by atoms with Gasteiger partial charge in [-0.1, -0.05) is 26.7 Å². The summed E-state index contributed by atoms with van der Waals surface area (Å²) < 4.78 is 0. The lowest BCUT2D eigenvalue weighted by Gasteiger charge is -2.29. The van der Waals surface area contributed by atoms with Crippen LogP contribution in [-0.4, -0.2) is 35.6 Å². The van der Waals surface area contributed by atoms with Crippen molar-refractivity contribution < 1.29 is 9.90 Å². The molecule has 98 valence electrons. The smallest absolute Gasteiger partial charge is 0.311 e. The van der Waals surface area contributed by atoms with Gasteiger partial charge in [-0.2, -0.15) is 0 Å². The van der Waals surface area contributed by atoms with Crippen LogP contribution in [0.4, 0.5) is 0 Å². The molecule has 0 bridgehead atoms. The minimum Gasteiger partial charge on any atom is -0.481 e. The number of carboxylic acids is 1. The van der Waals surface area contributed by atoms with Crippen molar-refractivity contribution in [2.24, 2.45) is 17.3 Å². The highest BCUT2D eigenvalue weighted by Gasteiger charge is 2.47. The molecule has 0 spiro atoms. The summed E-state index contributed by atoms with van der Waals surface area (Å²) >= 11 is 0. The van der Waals surface area contributed by atoms with Crippen LogP contribution in [0.3, 0.4) is 0 Å². The Kier molecular flexibility index (Phi) is 3.76. The Morgan fingerprint density at radius 1 is 1.41 bits per heavy atom. The Morgan fingerprint density at radius 2 is 2.06 bits per heavy atom. The van der Waals surface area contributed by atoms with E-state index < -0.39 is 11.4 Å². The van der Waals surface area contributed by atoms with Crippen molar-refractivity contribution in [1.29, 1.82) is 0 Å². The summed E-state index contributed by atoms with van der Waals surface area (Å²) in [7, 11) is 0. The summed E-state index contributed by atoms with van der Waals surface area (Å²) in [5.74, 6) is 0.460. The molecule has 1 unspecified atom stereocenters. The Bertz CT molecular complexity index is 284. The molecule has 1 N–H and O–H groups in total. The number of aliphatic carboxylic acids is 1. The van der Waals surface area contributed by atoms with Crippen LogP contribution in [0.25, 0.3) is 0 Å². The van der Waals surface area contributed by atoms with E-state index in [4.69, 9.17) is 0 Å². The molecule has 1 saturated carbocycles. The van der Waals surface area contributed by atoms with Crippen molar-refractivity contribution in [2.45, 2.75) is 46.0 Å². The van der Waals surface area contributed by atoms with E-state index in [1.807, 2.05) is 13.8 Å². The summed E-state index contributed by atoms with van der Waals surface area (Å²) in [6.45, 7) is 6.96. The first-order valence-corrected chi connectivity index (χ1v) is 7.00. The second-order valence-electron chi connectivity index (χ2n) is 6.25. The first-order chi connectivity index (χ1) is 8.04. The number of carboxylic acid groups (broad SMARTS) is 1. The molecule has 1 saturated heterocycles. The number of rotatable bonds is 4. The average Bonchev–Trinajstić information content (AvgIpc) is 2.87. The van der Waals surface area contributed by atoms with E-state index in [1.165, 1.54) is 25.7 Å². The molecular weight excluding hydrogens is 214 g/mol. The number of nitrogens with zero attached hydrogens (tertiary/aromatic N) is 1. The van der Waals surface area contributed by atoms with Crippen LogP contribution < -0.4 is 0 Å². The lowest BCUT2D eigenvalue weighted by atomic mass is 9.76. The van der Waals surface area contributed by atoms with Crippen LogP contribution in [0, 0.1) is 17.3 Å². The zero-order chi connectivity index (χ0) is 12.5. The van der Waals surface area contributed by atoms with E-state index in [9.17, 15) is 9.90 Å². The van der Waals surface area contributed by atoms with Gasteiger partial charge in [-0.15, -0.1) is 0 Å². The van der Waals surface area contributed by atoms with Gasteiger partial charge in [0.25, 0.3) is 0 Å². The third-order valence-corrected chi connectivity index (χ3v) is 4.90. The summed E-state index contributed by atoms with van der Waals surface area (Å²) in [5, 5.41) is 9.49. The zero-order valence-electron chi connectivity index (χ0n) is 11.1. The largest absolute Gasteiger partial charge is 0.481 e. The SMILES string of the molecule is CC(C)C1(C(=O)O)CCN(CC2CCCC2)C1. The van der Waals surface area contributed by atoms with Crippen molar-refractivity contribution in [2.75, 3.05) is 19.6 Å². The number of hydrogen-bond acceptors (Lipinski definition) is 2. The van der Waals surface area contributed by atoms with Crippen LogP contribution in [0.2, 0.25) is 0 Å². The fraction of sp³-hybridized carbons (Fsp3) is 0.929. The molecule has 2 aliphatic rings. The first-order valence-electron chi connectivity index (χ1n) is 7.00. The van der Waals surface area contributed by atoms with E-state index in [0.717, 1.165) is 32.0 Å². The molecule has 1 aliphatic heterocycles. The number of likely N-dealkylation sites (tertiary alicyclic amines) is 1. The number of hydrogen-bond donors (Lipinski definition) is 1. The highest BCUT2D eigenvalue weighted by Crippen LogP contribution is 2.39. The van der Waals surface area contributed by atoms with Crippen molar-refractivity contribution in [3.8, 4) is 0 Å². The molecular formula is C14H25NO2. The molecule has 0 amide bonds. The van der Waals surface area contributed by atoms with Crippen LogP contribution in [-0.2, 0) is 4.79 Å². The van der Waals surface area contributed by atoms with Crippen molar-refractivity contribution in [1.82, 2.24) is 4.90 Å². The summed E-state index contributed by atoms with van der Waals surface area (Å²) in [4.78, 5) is 13.9. The molecule has 0 aromatic rings. The molecule has 1 aliphatic carbocycles. The third-order valence-electron chi connectivity index (χ3n) is 4.90. The molecule has 0 aromatic heterocycles. The van der Waals surface area contributed by atoms with Gasteiger partial charge in [-0.3, -0.25) is 4.79 Å². The summed E-state index contributed by atoms with van der Waals surface area (Å²) in [6, 6.07) is 0. The maximum atomic E-state index is 11.5. The molecule has 0 radical (unpaired) electrons. The van der Waals surface area contributed by atoms with Gasteiger partial charge in [0.2, 0.25) is 0 Å². The predicted octanol–water partition coefficient (Wildman–Crippen LogP) is 2.61. The maximum absolute atomic E-state index is 11.5. The van der Waals surface area contributed by atoms with E-state index in [0.29, 0.717) is 0 Å². The first kappa shape index (κ1) is 12.9. The highest BCUT2D eigenvalue weighted by atomic mass is 16.4. The average molecular weight is 239 g/mol. The van der Waals surface area contributed by atoms with Crippen LogP contribution in [0.1, 0.15) is 46.0 Å². The molecule has 2 fully saturated rings. The molecule has 17 heavy (non-hydrogen) atoms. The molecule has 1 atom stereocenters. The second-order valence-corrected chi connectivity index (χ2v) is 6.25. The van der Waals surface area contributed by atoms with Gasteiger partial charge in [0, 0.05) is 13.1 Å². The second kappa shape index (κ2) is 4.97. The summed E-state index contributed by atoms with van der Waals surface area (Å²) in [6.07, 6.45) is 6.25. The molecule has 1 heterocycles. The van der Waals surface area contributed by atoms with Crippen molar-refractivity contribution in [3.05, 3.63) is 0 Å². The van der Waals surface area contributed by atoms with Crippen molar-refractivity contribution in [3.63, 3.8) is 0 Å². The van der Waals surface area contributed by atoms with Crippen LogP contribution in [0.15, 0.2) is 0 Å². The monoisotopic (exact) mass is 239 g/mol. The van der Waals surface area contributed by atoms with Gasteiger partial charge in [0.05, 0.1) is 5.41 Å². The quantitative estimate of drug-likeness (QED) is 0.820. The highest BCUT2D eigenvalue weighted by molar-refractivity contribution is 5.75. The van der Waals surface area contributed by atoms with Gasteiger partial charge in [-0.05, 0) is 37.6 Å². The lowest BCUT2D eigenvalue weighted by molar-refractivity contribution is -0.151. The fourth-order valence-corrected chi connectivity index (χ4v) is 3.52. The van der Waals surface area contributed by atoms with Gasteiger partial charge >= 0.3 is 5.97 Å². The Hall–Kier alpha value is -0.570. The predicted molar refractivity (Wildman–Crippen MR) is 67.9 cm³/mol. The minimum absolute atomic E-state index is 0.230. The normalized spacial score (nSPS) is 31.5. The minimum atomic E-state index is -0.596. The zero-order valence-corrected chi connectivity index (χ0v) is 11.1. The fourth-order valence-electron chi connectivity index (χ4n) is 3.52. The van der Waals surface area contributed by atoms with Crippen LogP contribution >= 0.6 is 0 Å². The Balaban J connectivity index is 1.94. The molecule has 0 aromatic carbocycles. The summed E-state index contributed by atoms with van der Waals surface area (Å²) in [5.41, 5.74) is -0.487. The molecule has 3 heteroatoms. The maximum Gasteiger partial charge on any atom is 0.311 e. The van der Waals surface area contributed by atoms with E-state index in [-0.39, 0.29) is 5.92 Å². The standard InChI is InChI=1S/C14H25NO2/c1-11(2)14(13(16)17)7-8-15(10-14)9-12-5-3-4-6-12/h11-12H,3-10H2,1-2H3,(H,16,17). The van der Waals surface area contributed by atoms with Gasteiger partial charge < -0.3 is 10.0 Å². The lowest BCUT2D eigenvalue weighted by Crippen LogP contribution is -2.40. The van der Waals surface area contributed by atoms with E-state index in [1.54, 1.807) is 0 Å². The third kappa shape index (κ3) is 2.49. The Morgan fingerprint density at radius 3 is 2.53 bits per heavy atom. The Labute approximate surface area is 104 Å². The number of carbonyl (C=O) groups is 1. The van der Waals surface area contributed by atoms with E-state index >= 15 is 0 Å².